The maximum atomic E-state index is 5.70. The third kappa shape index (κ3) is 5.84. The van der Waals surface area contributed by atoms with Crippen LogP contribution in [0.4, 0.5) is 0 Å². The first-order valence-corrected chi connectivity index (χ1v) is 7.19. The molecule has 0 radical (unpaired) electrons. The Bertz CT molecular complexity index is 197. The maximum absolute atomic E-state index is 5.70. The molecule has 1 saturated heterocycles. The van der Waals surface area contributed by atoms with Crippen LogP contribution in [0.3, 0.4) is 0 Å². The first kappa shape index (κ1) is 14.9. The van der Waals surface area contributed by atoms with Crippen LogP contribution in [0.15, 0.2) is 0 Å². The first-order valence-electron chi connectivity index (χ1n) is 7.19. The summed E-state index contributed by atoms with van der Waals surface area (Å²) in [5.41, 5.74) is 0. The summed E-state index contributed by atoms with van der Waals surface area (Å²) in [6.45, 7) is 13.2. The molecule has 0 amide bonds. The van der Waals surface area contributed by atoms with Crippen molar-refractivity contribution < 1.29 is 4.74 Å². The van der Waals surface area contributed by atoms with E-state index in [1.54, 1.807) is 0 Å². The molecule has 3 unspecified atom stereocenters. The highest BCUT2D eigenvalue weighted by molar-refractivity contribution is 4.78. The van der Waals surface area contributed by atoms with Gasteiger partial charge in [0.15, 0.2) is 0 Å². The molecule has 0 aliphatic carbocycles. The second-order valence-corrected chi connectivity index (χ2v) is 5.73. The monoisotopic (exact) mass is 242 g/mol. The fourth-order valence-electron chi connectivity index (χ4n) is 2.39. The molecule has 3 atom stereocenters. The van der Waals surface area contributed by atoms with Crippen molar-refractivity contribution in [3.63, 3.8) is 0 Å². The van der Waals surface area contributed by atoms with E-state index < -0.39 is 0 Å². The normalized spacial score (nSPS) is 26.6. The van der Waals surface area contributed by atoms with Gasteiger partial charge in [-0.2, -0.15) is 0 Å². The molecule has 3 heteroatoms. The lowest BCUT2D eigenvalue weighted by molar-refractivity contribution is 0.0867. The Balaban J connectivity index is 2.08. The third-order valence-electron chi connectivity index (χ3n) is 3.48. The minimum Gasteiger partial charge on any atom is -0.378 e. The van der Waals surface area contributed by atoms with Gasteiger partial charge in [-0.1, -0.05) is 20.8 Å². The number of ether oxygens (including phenoxy) is 1. The largest absolute Gasteiger partial charge is 0.378 e. The number of hydrogen-bond acceptors (Lipinski definition) is 3. The molecule has 1 aliphatic heterocycles. The molecule has 3 nitrogen and oxygen atoms in total. The van der Waals surface area contributed by atoms with E-state index in [2.05, 4.69) is 38.3 Å². The summed E-state index contributed by atoms with van der Waals surface area (Å²) >= 11 is 0. The van der Waals surface area contributed by atoms with Crippen molar-refractivity contribution in [1.29, 1.82) is 0 Å². The van der Waals surface area contributed by atoms with Crippen LogP contribution in [-0.4, -0.2) is 38.4 Å². The molecular formula is C14H30N2O. The molecule has 0 aromatic heterocycles. The van der Waals surface area contributed by atoms with Gasteiger partial charge in [0.2, 0.25) is 0 Å². The van der Waals surface area contributed by atoms with E-state index in [0.717, 1.165) is 38.6 Å². The van der Waals surface area contributed by atoms with Gasteiger partial charge < -0.3 is 15.4 Å². The number of rotatable bonds is 8. The first-order chi connectivity index (χ1) is 8.13. The molecule has 0 aromatic carbocycles. The zero-order chi connectivity index (χ0) is 12.7. The molecule has 1 aliphatic rings. The second-order valence-electron chi connectivity index (χ2n) is 5.73. The fourth-order valence-corrected chi connectivity index (χ4v) is 2.39. The molecule has 0 bridgehead atoms. The van der Waals surface area contributed by atoms with Crippen LogP contribution in [0.1, 0.15) is 40.5 Å². The van der Waals surface area contributed by atoms with Gasteiger partial charge in [-0.15, -0.1) is 0 Å². The zero-order valence-electron chi connectivity index (χ0n) is 12.0. The summed E-state index contributed by atoms with van der Waals surface area (Å²) in [6.07, 6.45) is 2.85. The summed E-state index contributed by atoms with van der Waals surface area (Å²) in [5.74, 6) is 1.45. The molecule has 0 aromatic rings. The summed E-state index contributed by atoms with van der Waals surface area (Å²) in [6, 6.07) is 0.548. The summed E-state index contributed by atoms with van der Waals surface area (Å²) in [4.78, 5) is 0. The van der Waals surface area contributed by atoms with Crippen LogP contribution in [0, 0.1) is 11.8 Å². The topological polar surface area (TPSA) is 33.3 Å². The highest BCUT2D eigenvalue weighted by Crippen LogP contribution is 2.22. The predicted molar refractivity (Wildman–Crippen MR) is 73.3 cm³/mol. The van der Waals surface area contributed by atoms with Gasteiger partial charge >= 0.3 is 0 Å². The van der Waals surface area contributed by atoms with Crippen molar-refractivity contribution in [1.82, 2.24) is 10.6 Å². The van der Waals surface area contributed by atoms with E-state index in [1.165, 1.54) is 6.42 Å². The maximum Gasteiger partial charge on any atom is 0.0613 e. The minimum absolute atomic E-state index is 0.485. The molecule has 1 heterocycles. The van der Waals surface area contributed by atoms with Gasteiger partial charge in [0.1, 0.15) is 0 Å². The smallest absolute Gasteiger partial charge is 0.0613 e. The molecule has 17 heavy (non-hydrogen) atoms. The van der Waals surface area contributed by atoms with Gasteiger partial charge in [0, 0.05) is 25.7 Å². The molecular weight excluding hydrogens is 212 g/mol. The third-order valence-corrected chi connectivity index (χ3v) is 3.48. The fraction of sp³-hybridized carbons (Fsp3) is 1.00. The van der Waals surface area contributed by atoms with E-state index in [0.29, 0.717) is 18.1 Å². The Labute approximate surface area is 107 Å². The summed E-state index contributed by atoms with van der Waals surface area (Å²) < 4.78 is 5.70. The average Bonchev–Trinajstić information content (AvgIpc) is 2.73. The summed E-state index contributed by atoms with van der Waals surface area (Å²) in [5, 5.41) is 7.11. The van der Waals surface area contributed by atoms with E-state index in [9.17, 15) is 0 Å². The Hall–Kier alpha value is -0.120. The van der Waals surface area contributed by atoms with Crippen LogP contribution >= 0.6 is 0 Å². The second kappa shape index (κ2) is 8.06. The predicted octanol–water partition coefficient (Wildman–Crippen LogP) is 2.03. The van der Waals surface area contributed by atoms with Crippen LogP contribution in [0.25, 0.3) is 0 Å². The molecule has 0 spiro atoms. The standard InChI is InChI=1S/C14H30N2O/c1-5-14-13(6-7-17-14)10-16-12(4)9-15-8-11(2)3/h11-16H,5-10H2,1-4H3. The van der Waals surface area contributed by atoms with Crippen LogP contribution in [-0.2, 0) is 4.74 Å². The lowest BCUT2D eigenvalue weighted by Crippen LogP contribution is -2.40. The lowest BCUT2D eigenvalue weighted by Gasteiger charge is -2.21. The minimum atomic E-state index is 0.485. The number of hydrogen-bond donors (Lipinski definition) is 2. The van der Waals surface area contributed by atoms with Crippen molar-refractivity contribution in [3.05, 3.63) is 0 Å². The van der Waals surface area contributed by atoms with Crippen LogP contribution in [0.5, 0.6) is 0 Å². The Morgan fingerprint density at radius 2 is 2.00 bits per heavy atom. The van der Waals surface area contributed by atoms with Crippen molar-refractivity contribution in [2.75, 3.05) is 26.2 Å². The lowest BCUT2D eigenvalue weighted by atomic mass is 9.99. The molecule has 1 fully saturated rings. The SMILES string of the molecule is CCC1OCCC1CNC(C)CNCC(C)C. The van der Waals surface area contributed by atoms with Gasteiger partial charge in [-0.25, -0.2) is 0 Å². The van der Waals surface area contributed by atoms with Gasteiger partial charge in [0.25, 0.3) is 0 Å². The van der Waals surface area contributed by atoms with Gasteiger partial charge in [-0.05, 0) is 38.1 Å². The molecule has 2 N–H and O–H groups in total. The van der Waals surface area contributed by atoms with Crippen LogP contribution in [0.2, 0.25) is 0 Å². The Morgan fingerprint density at radius 3 is 2.65 bits per heavy atom. The van der Waals surface area contributed by atoms with Gasteiger partial charge in [-0.3, -0.25) is 0 Å². The Kier molecular flexibility index (Phi) is 7.09. The number of nitrogens with one attached hydrogen (secondary N) is 2. The van der Waals surface area contributed by atoms with Crippen molar-refractivity contribution in [2.45, 2.75) is 52.7 Å². The molecule has 1 rings (SSSR count). The van der Waals surface area contributed by atoms with Gasteiger partial charge in [0.05, 0.1) is 6.10 Å². The average molecular weight is 242 g/mol. The Morgan fingerprint density at radius 1 is 1.24 bits per heavy atom. The van der Waals surface area contributed by atoms with Crippen molar-refractivity contribution in [3.8, 4) is 0 Å². The van der Waals surface area contributed by atoms with E-state index >= 15 is 0 Å². The van der Waals surface area contributed by atoms with E-state index in [1.807, 2.05) is 0 Å². The highest BCUT2D eigenvalue weighted by Gasteiger charge is 2.26. The molecule has 102 valence electrons. The van der Waals surface area contributed by atoms with E-state index in [4.69, 9.17) is 4.74 Å². The highest BCUT2D eigenvalue weighted by atomic mass is 16.5. The summed E-state index contributed by atoms with van der Waals surface area (Å²) in [7, 11) is 0. The van der Waals surface area contributed by atoms with Crippen LogP contribution < -0.4 is 10.6 Å². The quantitative estimate of drug-likeness (QED) is 0.683. The van der Waals surface area contributed by atoms with Crippen molar-refractivity contribution in [2.24, 2.45) is 11.8 Å². The molecule has 0 saturated carbocycles. The van der Waals surface area contributed by atoms with E-state index in [-0.39, 0.29) is 0 Å². The van der Waals surface area contributed by atoms with Crippen molar-refractivity contribution >= 4 is 0 Å². The zero-order valence-corrected chi connectivity index (χ0v) is 12.0.